The van der Waals surface area contributed by atoms with E-state index in [-0.39, 0.29) is 24.8 Å². The molecule has 2 heterocycles. The summed E-state index contributed by atoms with van der Waals surface area (Å²) in [6, 6.07) is 10.0. The first kappa shape index (κ1) is 21.6. The van der Waals surface area contributed by atoms with Crippen molar-refractivity contribution in [3.05, 3.63) is 65.3 Å². The fourth-order valence-corrected chi connectivity index (χ4v) is 2.60. The van der Waals surface area contributed by atoms with Gasteiger partial charge in [-0.1, -0.05) is 11.6 Å². The number of nitrogens with zero attached hydrogens (tertiary/aromatic N) is 2. The Morgan fingerprint density at radius 3 is 2.67 bits per heavy atom. The first-order valence-corrected chi connectivity index (χ1v) is 9.28. The van der Waals surface area contributed by atoms with Gasteiger partial charge in [-0.25, -0.2) is 9.97 Å². The second kappa shape index (κ2) is 9.62. The van der Waals surface area contributed by atoms with E-state index in [4.69, 9.17) is 16.0 Å². The molecule has 0 unspecified atom stereocenters. The van der Waals surface area contributed by atoms with Gasteiger partial charge >= 0.3 is 6.18 Å². The van der Waals surface area contributed by atoms with E-state index < -0.39 is 12.8 Å². The number of ether oxygens (including phenoxy) is 1. The van der Waals surface area contributed by atoms with Crippen molar-refractivity contribution in [1.82, 2.24) is 15.3 Å². The van der Waals surface area contributed by atoms with Crippen molar-refractivity contribution in [3.63, 3.8) is 0 Å². The number of pyridine rings is 1. The molecule has 0 saturated carbocycles. The van der Waals surface area contributed by atoms with Gasteiger partial charge in [-0.3, -0.25) is 4.79 Å². The first-order chi connectivity index (χ1) is 14.3. The minimum Gasteiger partial charge on any atom is -0.468 e. The fourth-order valence-electron chi connectivity index (χ4n) is 2.48. The molecule has 10 heteroatoms. The van der Waals surface area contributed by atoms with E-state index in [9.17, 15) is 18.0 Å². The van der Waals surface area contributed by atoms with Crippen LogP contribution in [0.1, 0.15) is 17.9 Å². The quantitative estimate of drug-likeness (QED) is 0.556. The Kier molecular flexibility index (Phi) is 6.94. The number of carbonyl (C=O) groups excluding carboxylic acids is 1. The number of benzene rings is 1. The van der Waals surface area contributed by atoms with Crippen LogP contribution in [0.2, 0.25) is 5.02 Å². The molecule has 3 rings (SSSR count). The maximum Gasteiger partial charge on any atom is 0.422 e. The Morgan fingerprint density at radius 1 is 1.17 bits per heavy atom. The number of oxazole rings is 1. The highest BCUT2D eigenvalue weighted by Gasteiger charge is 2.28. The van der Waals surface area contributed by atoms with Crippen LogP contribution in [0.4, 0.5) is 13.2 Å². The molecule has 6 nitrogen and oxygen atoms in total. The Bertz CT molecular complexity index is 991. The third-order valence-electron chi connectivity index (χ3n) is 3.92. The zero-order valence-electron chi connectivity index (χ0n) is 15.6. The molecule has 3 aromatic rings. The molecule has 1 N–H and O–H groups in total. The predicted octanol–water partition coefficient (Wildman–Crippen LogP) is 4.58. The minimum absolute atomic E-state index is 0.130. The standard InChI is InChI=1S/C20H17ClF3N3O3/c21-15-3-1-14(2-4-15)16-11-27-18(30-16)6-5-17(28)26-10-13-7-8-25-19(9-13)29-12-20(22,23)24/h1-4,7-9,11H,5-6,10,12H2,(H,26,28). The van der Waals surface area contributed by atoms with Crippen LogP contribution >= 0.6 is 11.6 Å². The van der Waals surface area contributed by atoms with Crippen LogP contribution in [0.25, 0.3) is 11.3 Å². The van der Waals surface area contributed by atoms with Crippen molar-refractivity contribution in [2.45, 2.75) is 25.6 Å². The van der Waals surface area contributed by atoms with Crippen LogP contribution in [-0.4, -0.2) is 28.7 Å². The maximum absolute atomic E-state index is 12.2. The number of halogens is 4. The van der Waals surface area contributed by atoms with Crippen LogP contribution in [0, 0.1) is 0 Å². The summed E-state index contributed by atoms with van der Waals surface area (Å²) in [5.74, 6) is 0.580. The summed E-state index contributed by atoms with van der Waals surface area (Å²) < 4.78 is 46.9. The smallest absolute Gasteiger partial charge is 0.422 e. The van der Waals surface area contributed by atoms with Gasteiger partial charge in [0, 0.05) is 42.2 Å². The lowest BCUT2D eigenvalue weighted by Gasteiger charge is -2.09. The minimum atomic E-state index is -4.45. The number of amides is 1. The second-order valence-electron chi connectivity index (χ2n) is 6.31. The number of hydrogen-bond donors (Lipinski definition) is 1. The average Bonchev–Trinajstić information content (AvgIpc) is 3.19. The molecule has 0 aliphatic carbocycles. The Labute approximate surface area is 175 Å². The fraction of sp³-hybridized carbons (Fsp3) is 0.250. The second-order valence-corrected chi connectivity index (χ2v) is 6.74. The third kappa shape index (κ3) is 6.77. The molecular formula is C20H17ClF3N3O3. The van der Waals surface area contributed by atoms with Gasteiger partial charge in [0.25, 0.3) is 0 Å². The van der Waals surface area contributed by atoms with E-state index in [0.29, 0.717) is 28.7 Å². The van der Waals surface area contributed by atoms with E-state index in [1.807, 2.05) is 0 Å². The SMILES string of the molecule is O=C(CCc1ncc(-c2ccc(Cl)cc2)o1)NCc1ccnc(OCC(F)(F)F)c1. The monoisotopic (exact) mass is 439 g/mol. The highest BCUT2D eigenvalue weighted by Crippen LogP contribution is 2.23. The molecule has 0 spiro atoms. The summed E-state index contributed by atoms with van der Waals surface area (Å²) in [4.78, 5) is 19.9. The molecule has 0 fully saturated rings. The molecule has 0 radical (unpaired) electrons. The Hall–Kier alpha value is -3.07. The number of alkyl halides is 3. The molecular weight excluding hydrogens is 423 g/mol. The van der Waals surface area contributed by atoms with Crippen LogP contribution < -0.4 is 10.1 Å². The van der Waals surface area contributed by atoms with Crippen molar-refractivity contribution in [3.8, 4) is 17.2 Å². The van der Waals surface area contributed by atoms with Crippen LogP contribution in [0.15, 0.2) is 53.2 Å². The first-order valence-electron chi connectivity index (χ1n) is 8.90. The van der Waals surface area contributed by atoms with Gasteiger partial charge in [0.05, 0.1) is 6.20 Å². The molecule has 0 saturated heterocycles. The number of aromatic nitrogens is 2. The maximum atomic E-state index is 12.2. The van der Waals surface area contributed by atoms with E-state index in [0.717, 1.165) is 5.56 Å². The summed E-state index contributed by atoms with van der Waals surface area (Å²) in [6.45, 7) is -1.30. The Balaban J connectivity index is 1.46. The number of rotatable bonds is 8. The average molecular weight is 440 g/mol. The summed E-state index contributed by atoms with van der Waals surface area (Å²) in [6.07, 6.45) is -1.10. The normalized spacial score (nSPS) is 11.3. The Morgan fingerprint density at radius 2 is 1.93 bits per heavy atom. The molecule has 158 valence electrons. The highest BCUT2D eigenvalue weighted by atomic mass is 35.5. The number of aryl methyl sites for hydroxylation is 1. The van der Waals surface area contributed by atoms with Gasteiger partial charge < -0.3 is 14.5 Å². The summed E-state index contributed by atoms with van der Waals surface area (Å²) in [5, 5.41) is 3.30. The summed E-state index contributed by atoms with van der Waals surface area (Å²) in [7, 11) is 0. The van der Waals surface area contributed by atoms with Crippen LogP contribution in [-0.2, 0) is 17.8 Å². The van der Waals surface area contributed by atoms with Gasteiger partial charge in [-0.2, -0.15) is 13.2 Å². The predicted molar refractivity (Wildman–Crippen MR) is 103 cm³/mol. The van der Waals surface area contributed by atoms with Gasteiger partial charge in [-0.15, -0.1) is 0 Å². The van der Waals surface area contributed by atoms with Crippen molar-refractivity contribution < 1.29 is 27.1 Å². The molecule has 1 amide bonds. The van der Waals surface area contributed by atoms with Crippen molar-refractivity contribution >= 4 is 17.5 Å². The highest BCUT2D eigenvalue weighted by molar-refractivity contribution is 6.30. The van der Waals surface area contributed by atoms with Crippen molar-refractivity contribution in [2.24, 2.45) is 0 Å². The van der Waals surface area contributed by atoms with Crippen molar-refractivity contribution in [1.29, 1.82) is 0 Å². The lowest BCUT2D eigenvalue weighted by Crippen LogP contribution is -2.23. The zero-order chi connectivity index (χ0) is 21.6. The van der Waals surface area contributed by atoms with Gasteiger partial charge in [0.15, 0.2) is 18.3 Å². The van der Waals surface area contributed by atoms with Gasteiger partial charge in [0.1, 0.15) is 0 Å². The number of carbonyl (C=O) groups is 1. The van der Waals surface area contributed by atoms with Crippen LogP contribution in [0.3, 0.4) is 0 Å². The topological polar surface area (TPSA) is 77.3 Å². The van der Waals surface area contributed by atoms with Gasteiger partial charge in [-0.05, 0) is 35.9 Å². The lowest BCUT2D eigenvalue weighted by molar-refractivity contribution is -0.154. The van der Waals surface area contributed by atoms with E-state index in [1.54, 1.807) is 36.5 Å². The molecule has 30 heavy (non-hydrogen) atoms. The molecule has 1 aromatic carbocycles. The van der Waals surface area contributed by atoms with E-state index in [1.165, 1.54) is 12.3 Å². The molecule has 0 aliphatic heterocycles. The van der Waals surface area contributed by atoms with Gasteiger partial charge in [0.2, 0.25) is 11.8 Å². The largest absolute Gasteiger partial charge is 0.468 e. The third-order valence-corrected chi connectivity index (χ3v) is 4.17. The molecule has 0 aliphatic rings. The molecule has 2 aromatic heterocycles. The van der Waals surface area contributed by atoms with E-state index in [2.05, 4.69) is 20.0 Å². The van der Waals surface area contributed by atoms with Crippen LogP contribution in [0.5, 0.6) is 5.88 Å². The summed E-state index contributed by atoms with van der Waals surface area (Å²) in [5.41, 5.74) is 1.39. The summed E-state index contributed by atoms with van der Waals surface area (Å²) >= 11 is 5.86. The molecule has 0 bridgehead atoms. The zero-order valence-corrected chi connectivity index (χ0v) is 16.3. The van der Waals surface area contributed by atoms with E-state index >= 15 is 0 Å². The molecule has 0 atom stereocenters. The number of hydrogen-bond acceptors (Lipinski definition) is 5. The van der Waals surface area contributed by atoms with Crippen molar-refractivity contribution in [2.75, 3.05) is 6.61 Å². The number of nitrogens with one attached hydrogen (secondary N) is 1. The lowest BCUT2D eigenvalue weighted by atomic mass is 10.2.